The van der Waals surface area contributed by atoms with Crippen molar-refractivity contribution in [3.63, 3.8) is 0 Å². The standard InChI is InChI=1S/C30H28O6/c1-15-6-7-16-8-9-17-10-11-18(21(15)22(16)17)27(31)34-25-20-14-19-23(28(32)35-26(19)25)24(20)29(33)36-30(2)12-4-3-5-13-30/h4,6-12,19-20,23-26H,3,5,13-14H2,1-2H3. The van der Waals surface area contributed by atoms with Crippen LogP contribution in [0.4, 0.5) is 0 Å². The smallest absolute Gasteiger partial charge is 0.339 e. The molecule has 0 aromatic heterocycles. The van der Waals surface area contributed by atoms with Crippen LogP contribution in [0, 0.1) is 30.6 Å². The van der Waals surface area contributed by atoms with Gasteiger partial charge in [0, 0.05) is 17.2 Å². The van der Waals surface area contributed by atoms with Crippen molar-refractivity contribution in [3.8, 4) is 0 Å². The van der Waals surface area contributed by atoms with E-state index in [1.54, 1.807) is 0 Å². The summed E-state index contributed by atoms with van der Waals surface area (Å²) in [5.41, 5.74) is 3.00. The highest BCUT2D eigenvalue weighted by atomic mass is 16.6. The summed E-state index contributed by atoms with van der Waals surface area (Å²) >= 11 is 0. The summed E-state index contributed by atoms with van der Waals surface area (Å²) in [6.07, 6.45) is 10.3. The first-order chi connectivity index (χ1) is 17.3. The molecular formula is C30H28O6. The van der Waals surface area contributed by atoms with Crippen LogP contribution in [0.3, 0.4) is 0 Å². The van der Waals surface area contributed by atoms with E-state index in [-0.39, 0.29) is 23.8 Å². The molecule has 2 bridgehead atoms. The summed E-state index contributed by atoms with van der Waals surface area (Å²) < 4.78 is 17.8. The monoisotopic (exact) mass is 484 g/mol. The number of benzene rings is 2. The minimum atomic E-state index is -0.665. The largest absolute Gasteiger partial charge is 0.458 e. The van der Waals surface area contributed by atoms with E-state index in [1.165, 1.54) is 0 Å². The molecule has 7 unspecified atom stereocenters. The van der Waals surface area contributed by atoms with Crippen LogP contribution < -0.4 is 0 Å². The van der Waals surface area contributed by atoms with Gasteiger partial charge in [-0.1, -0.05) is 36.4 Å². The van der Waals surface area contributed by atoms with E-state index < -0.39 is 35.6 Å². The maximum absolute atomic E-state index is 13.6. The van der Waals surface area contributed by atoms with Gasteiger partial charge in [0.15, 0.2) is 0 Å². The summed E-state index contributed by atoms with van der Waals surface area (Å²) in [6.45, 7) is 3.90. The number of rotatable bonds is 4. The number of esters is 3. The van der Waals surface area contributed by atoms with E-state index in [2.05, 4.69) is 18.2 Å². The molecule has 0 N–H and O–H groups in total. The van der Waals surface area contributed by atoms with Crippen molar-refractivity contribution in [2.45, 2.75) is 57.3 Å². The van der Waals surface area contributed by atoms with Crippen LogP contribution in [0.2, 0.25) is 0 Å². The van der Waals surface area contributed by atoms with Gasteiger partial charge in [-0.3, -0.25) is 9.59 Å². The minimum Gasteiger partial charge on any atom is -0.458 e. The Morgan fingerprint density at radius 1 is 1.06 bits per heavy atom. The quantitative estimate of drug-likeness (QED) is 0.294. The maximum atomic E-state index is 13.6. The molecule has 2 saturated carbocycles. The topological polar surface area (TPSA) is 78.9 Å². The zero-order valence-electron chi connectivity index (χ0n) is 20.4. The fourth-order valence-electron chi connectivity index (χ4n) is 7.37. The molecule has 7 rings (SSSR count). The molecule has 5 aliphatic rings. The highest BCUT2D eigenvalue weighted by Crippen LogP contribution is 2.59. The summed E-state index contributed by atoms with van der Waals surface area (Å²) in [4.78, 5) is 39.8. The molecule has 0 amide bonds. The number of fused-ring (bicyclic) bond motifs is 1. The van der Waals surface area contributed by atoms with Crippen molar-refractivity contribution in [1.29, 1.82) is 0 Å². The molecule has 184 valence electrons. The van der Waals surface area contributed by atoms with Gasteiger partial charge in [-0.2, -0.15) is 0 Å². The van der Waals surface area contributed by atoms with Crippen molar-refractivity contribution >= 4 is 40.8 Å². The van der Waals surface area contributed by atoms with Gasteiger partial charge in [-0.15, -0.1) is 0 Å². The van der Waals surface area contributed by atoms with Gasteiger partial charge >= 0.3 is 17.9 Å². The summed E-state index contributed by atoms with van der Waals surface area (Å²) in [5, 5.41) is 1.94. The number of aryl methyl sites for hydroxylation is 1. The molecule has 0 spiro atoms. The van der Waals surface area contributed by atoms with Gasteiger partial charge in [-0.25, -0.2) is 4.79 Å². The van der Waals surface area contributed by atoms with Crippen LogP contribution in [0.15, 0.2) is 36.4 Å². The van der Waals surface area contributed by atoms with Crippen LogP contribution in [-0.2, 0) is 23.8 Å². The first kappa shape index (κ1) is 21.8. The Kier molecular flexibility index (Phi) is 4.58. The number of carbonyl (C=O) groups is 3. The molecule has 3 fully saturated rings. The lowest BCUT2D eigenvalue weighted by atomic mass is 9.78. The molecule has 1 heterocycles. The third kappa shape index (κ3) is 2.99. The van der Waals surface area contributed by atoms with Crippen LogP contribution in [0.1, 0.15) is 59.7 Å². The highest BCUT2D eigenvalue weighted by Gasteiger charge is 2.70. The van der Waals surface area contributed by atoms with Crippen LogP contribution in [-0.4, -0.2) is 35.7 Å². The van der Waals surface area contributed by atoms with Crippen LogP contribution >= 0.6 is 0 Å². The number of hydrogen-bond acceptors (Lipinski definition) is 6. The van der Waals surface area contributed by atoms with E-state index in [9.17, 15) is 14.4 Å². The van der Waals surface area contributed by atoms with Crippen LogP contribution in [0.5, 0.6) is 0 Å². The second kappa shape index (κ2) is 7.55. The lowest BCUT2D eigenvalue weighted by molar-refractivity contribution is -0.166. The number of carbonyl (C=O) groups excluding carboxylic acids is 3. The second-order valence-electron chi connectivity index (χ2n) is 11.2. The van der Waals surface area contributed by atoms with Gasteiger partial charge in [0.2, 0.25) is 0 Å². The lowest BCUT2D eigenvalue weighted by Crippen LogP contribution is -2.45. The molecule has 2 aromatic carbocycles. The fraction of sp³-hybridized carbons (Fsp3) is 0.433. The van der Waals surface area contributed by atoms with Gasteiger partial charge in [0.1, 0.15) is 17.8 Å². The average molecular weight is 485 g/mol. The van der Waals surface area contributed by atoms with Crippen molar-refractivity contribution in [2.24, 2.45) is 23.7 Å². The predicted octanol–water partition coefficient (Wildman–Crippen LogP) is 5.01. The summed E-state index contributed by atoms with van der Waals surface area (Å²) in [6, 6.07) is 7.83. The predicted molar refractivity (Wildman–Crippen MR) is 133 cm³/mol. The normalized spacial score (nSPS) is 34.9. The molecule has 1 aliphatic heterocycles. The summed E-state index contributed by atoms with van der Waals surface area (Å²) in [7, 11) is 0. The molecule has 4 aliphatic carbocycles. The van der Waals surface area contributed by atoms with Crippen molar-refractivity contribution < 1.29 is 28.6 Å². The molecule has 6 nitrogen and oxygen atoms in total. The SMILES string of the molecule is Cc1ccc2c3c(ccc(C(=O)OC4C5CC6C4OC(=O)C6C5C(=O)OC4(C)C=CCCC4)c13)C=C2. The zero-order valence-corrected chi connectivity index (χ0v) is 20.4. The number of hydrogen-bond donors (Lipinski definition) is 0. The molecule has 6 heteroatoms. The molecule has 36 heavy (non-hydrogen) atoms. The van der Waals surface area contributed by atoms with Crippen molar-refractivity contribution in [1.82, 2.24) is 0 Å². The Balaban J connectivity index is 1.19. The Morgan fingerprint density at radius 3 is 2.58 bits per heavy atom. The van der Waals surface area contributed by atoms with Gasteiger partial charge in [-0.05, 0) is 73.7 Å². The Bertz CT molecular complexity index is 1390. The summed E-state index contributed by atoms with van der Waals surface area (Å²) in [5.74, 6) is -2.76. The van der Waals surface area contributed by atoms with Gasteiger partial charge in [0.05, 0.1) is 17.4 Å². The van der Waals surface area contributed by atoms with E-state index in [0.717, 1.165) is 46.7 Å². The van der Waals surface area contributed by atoms with Gasteiger partial charge < -0.3 is 14.2 Å². The first-order valence-electron chi connectivity index (χ1n) is 12.9. The molecule has 1 saturated heterocycles. The zero-order chi connectivity index (χ0) is 24.8. The Morgan fingerprint density at radius 2 is 1.83 bits per heavy atom. The average Bonchev–Trinajstić information content (AvgIpc) is 3.58. The lowest BCUT2D eigenvalue weighted by Gasteiger charge is -2.34. The fourth-order valence-corrected chi connectivity index (χ4v) is 7.37. The maximum Gasteiger partial charge on any atom is 0.339 e. The third-order valence-electron chi connectivity index (χ3n) is 9.01. The highest BCUT2D eigenvalue weighted by molar-refractivity contribution is 6.14. The first-order valence-corrected chi connectivity index (χ1v) is 12.9. The number of ether oxygens (including phenoxy) is 3. The van der Waals surface area contributed by atoms with Crippen molar-refractivity contribution in [3.05, 3.63) is 58.7 Å². The molecule has 0 radical (unpaired) electrons. The van der Waals surface area contributed by atoms with E-state index in [1.807, 2.05) is 44.2 Å². The molecule has 7 atom stereocenters. The van der Waals surface area contributed by atoms with E-state index in [0.29, 0.717) is 12.0 Å². The third-order valence-corrected chi connectivity index (χ3v) is 9.01. The molecule has 2 aromatic rings. The Labute approximate surface area is 209 Å². The van der Waals surface area contributed by atoms with E-state index in [4.69, 9.17) is 14.2 Å². The molecular weight excluding hydrogens is 456 g/mol. The van der Waals surface area contributed by atoms with Crippen molar-refractivity contribution in [2.75, 3.05) is 0 Å². The van der Waals surface area contributed by atoms with Crippen LogP contribution in [0.25, 0.3) is 22.9 Å². The second-order valence-corrected chi connectivity index (χ2v) is 11.2. The van der Waals surface area contributed by atoms with E-state index >= 15 is 0 Å². The minimum absolute atomic E-state index is 0.119. The Hall–Kier alpha value is -3.41. The number of allylic oxidation sites excluding steroid dienone is 1. The van der Waals surface area contributed by atoms with Gasteiger partial charge in [0.25, 0.3) is 0 Å².